The Morgan fingerprint density at radius 3 is 2.38 bits per heavy atom. The molecule has 1 aliphatic heterocycles. The first-order chi connectivity index (χ1) is 15.9. The molecule has 9 nitrogen and oxygen atoms in total. The summed E-state index contributed by atoms with van der Waals surface area (Å²) >= 11 is 1.28. The lowest BCUT2D eigenvalue weighted by Crippen LogP contribution is -2.50. The fourth-order valence-corrected chi connectivity index (χ4v) is 9.28. The summed E-state index contributed by atoms with van der Waals surface area (Å²) in [4.78, 5) is 23.6. The average molecular weight is 512 g/mol. The Bertz CT molecular complexity index is 1070. The standard InChI is InChI=1S/C23H33N3O6S2/c1-5-25(6-2)34(30,31)15-22-12-11-16(21(22,3)4)13-19(22)32-20(27)23(14-24-23)33-18-9-7-17(8-10-18)26(28)29/h7-10,16,19,24H,5-6,11-15H2,1-4H3/t16-,19-,22+,23+/m1/s1. The molecule has 2 saturated carbocycles. The lowest BCUT2D eigenvalue weighted by Gasteiger charge is -2.42. The van der Waals surface area contributed by atoms with E-state index in [0.717, 1.165) is 17.7 Å². The molecular formula is C23H33N3O6S2. The van der Waals surface area contributed by atoms with Gasteiger partial charge in [-0.1, -0.05) is 39.5 Å². The van der Waals surface area contributed by atoms with E-state index in [9.17, 15) is 23.3 Å². The largest absolute Gasteiger partial charge is 0.460 e. The molecule has 4 rings (SSSR count). The second-order valence-electron chi connectivity index (χ2n) is 10.1. The van der Waals surface area contributed by atoms with E-state index in [0.29, 0.717) is 32.0 Å². The highest BCUT2D eigenvalue weighted by Gasteiger charge is 2.68. The van der Waals surface area contributed by atoms with Gasteiger partial charge >= 0.3 is 5.97 Å². The van der Waals surface area contributed by atoms with Crippen molar-refractivity contribution in [2.24, 2.45) is 16.7 Å². The highest BCUT2D eigenvalue weighted by Crippen LogP contribution is 2.67. The highest BCUT2D eigenvalue weighted by atomic mass is 32.2. The van der Waals surface area contributed by atoms with Crippen LogP contribution in [0.3, 0.4) is 0 Å². The molecule has 1 N–H and O–H groups in total. The van der Waals surface area contributed by atoms with Gasteiger partial charge in [0.1, 0.15) is 6.10 Å². The smallest absolute Gasteiger partial charge is 0.338 e. The van der Waals surface area contributed by atoms with Crippen molar-refractivity contribution < 1.29 is 22.9 Å². The minimum atomic E-state index is -3.50. The number of rotatable bonds is 10. The lowest BCUT2D eigenvalue weighted by molar-refractivity contribution is -0.384. The van der Waals surface area contributed by atoms with E-state index >= 15 is 0 Å². The number of nitrogens with zero attached hydrogens (tertiary/aromatic N) is 2. The Kier molecular flexibility index (Phi) is 6.54. The normalized spacial score (nSPS) is 31.6. The molecule has 3 fully saturated rings. The molecule has 0 unspecified atom stereocenters. The number of carbonyl (C=O) groups excluding carboxylic acids is 1. The topological polar surface area (TPSA) is 129 Å². The van der Waals surface area contributed by atoms with E-state index < -0.39 is 37.3 Å². The van der Waals surface area contributed by atoms with Crippen molar-refractivity contribution in [3.63, 3.8) is 0 Å². The number of thioether (sulfide) groups is 1. The van der Waals surface area contributed by atoms with Crippen LogP contribution in [0.2, 0.25) is 0 Å². The average Bonchev–Trinajstić information content (AvgIpc) is 3.48. The van der Waals surface area contributed by atoms with Crippen LogP contribution in [0.25, 0.3) is 0 Å². The van der Waals surface area contributed by atoms with Crippen molar-refractivity contribution >= 4 is 33.4 Å². The molecule has 0 amide bonds. The van der Waals surface area contributed by atoms with Gasteiger partial charge in [0.2, 0.25) is 10.0 Å². The number of fused-ring (bicyclic) bond motifs is 2. The summed E-state index contributed by atoms with van der Waals surface area (Å²) in [7, 11) is -3.50. The number of hydrogen-bond acceptors (Lipinski definition) is 8. The van der Waals surface area contributed by atoms with Crippen LogP contribution in [0.15, 0.2) is 29.2 Å². The minimum Gasteiger partial charge on any atom is -0.460 e. The van der Waals surface area contributed by atoms with Crippen molar-refractivity contribution in [2.45, 2.75) is 62.8 Å². The molecular weight excluding hydrogens is 478 g/mol. The Morgan fingerprint density at radius 2 is 1.88 bits per heavy atom. The van der Waals surface area contributed by atoms with Gasteiger partial charge in [0.15, 0.2) is 4.87 Å². The number of benzene rings is 1. The summed E-state index contributed by atoms with van der Waals surface area (Å²) in [6.45, 7) is 9.18. The predicted octanol–water partition coefficient (Wildman–Crippen LogP) is 3.40. The molecule has 1 aromatic carbocycles. The van der Waals surface area contributed by atoms with E-state index in [1.54, 1.807) is 12.1 Å². The second-order valence-corrected chi connectivity index (χ2v) is 13.5. The van der Waals surface area contributed by atoms with Gasteiger partial charge in [0, 0.05) is 42.1 Å². The minimum absolute atomic E-state index is 0.00898. The van der Waals surface area contributed by atoms with Crippen LogP contribution in [0, 0.1) is 26.9 Å². The van der Waals surface area contributed by atoms with Crippen molar-refractivity contribution in [1.29, 1.82) is 0 Å². The SMILES string of the molecule is CCN(CC)S(=O)(=O)C[C@@]12CC[C@H](C[C@H]1OC(=O)[C@@]1(Sc3ccc([N+](=O)[O-])cc3)CN1)C2(C)C. The third-order valence-electron chi connectivity index (χ3n) is 8.31. The van der Waals surface area contributed by atoms with E-state index in [4.69, 9.17) is 4.74 Å². The van der Waals surface area contributed by atoms with Gasteiger partial charge in [-0.25, -0.2) is 17.5 Å². The maximum atomic E-state index is 13.3. The molecule has 1 heterocycles. The summed E-state index contributed by atoms with van der Waals surface area (Å²) < 4.78 is 34.2. The number of nitro groups is 1. The Labute approximate surface area is 205 Å². The van der Waals surface area contributed by atoms with Crippen molar-refractivity contribution in [3.8, 4) is 0 Å². The highest BCUT2D eigenvalue weighted by molar-refractivity contribution is 8.01. The molecule has 2 aliphatic carbocycles. The van der Waals surface area contributed by atoms with Crippen molar-refractivity contribution in [3.05, 3.63) is 34.4 Å². The zero-order valence-corrected chi connectivity index (χ0v) is 21.7. The van der Waals surface area contributed by atoms with E-state index in [1.165, 1.54) is 28.2 Å². The van der Waals surface area contributed by atoms with E-state index in [1.807, 2.05) is 13.8 Å². The Hall–Kier alpha value is -1.69. The summed E-state index contributed by atoms with van der Waals surface area (Å²) in [5.41, 5.74) is -0.887. The van der Waals surface area contributed by atoms with Gasteiger partial charge in [-0.3, -0.25) is 15.4 Å². The first kappa shape index (κ1) is 25.4. The lowest BCUT2D eigenvalue weighted by atomic mass is 9.69. The maximum Gasteiger partial charge on any atom is 0.338 e. The first-order valence-corrected chi connectivity index (χ1v) is 14.2. The van der Waals surface area contributed by atoms with Crippen LogP contribution < -0.4 is 5.32 Å². The molecule has 0 spiro atoms. The van der Waals surface area contributed by atoms with Gasteiger partial charge in [-0.05, 0) is 42.7 Å². The molecule has 11 heteroatoms. The van der Waals surface area contributed by atoms with E-state index in [-0.39, 0.29) is 16.9 Å². The maximum absolute atomic E-state index is 13.3. The summed E-state index contributed by atoms with van der Waals surface area (Å²) in [5, 5.41) is 14.0. The molecule has 0 aromatic heterocycles. The van der Waals surface area contributed by atoms with Crippen LogP contribution >= 0.6 is 11.8 Å². The molecule has 3 aliphatic rings. The van der Waals surface area contributed by atoms with Crippen molar-refractivity contribution in [2.75, 3.05) is 25.4 Å². The molecule has 0 radical (unpaired) electrons. The molecule has 1 aromatic rings. The monoisotopic (exact) mass is 511 g/mol. The van der Waals surface area contributed by atoms with Crippen LogP contribution in [-0.4, -0.2) is 60.0 Å². The molecule has 1 saturated heterocycles. The summed E-state index contributed by atoms with van der Waals surface area (Å²) in [5.74, 6) is -0.106. The van der Waals surface area contributed by atoms with Gasteiger partial charge in [-0.2, -0.15) is 0 Å². The molecule has 34 heavy (non-hydrogen) atoms. The third-order valence-corrected chi connectivity index (χ3v) is 11.8. The van der Waals surface area contributed by atoms with Crippen LogP contribution in [0.4, 0.5) is 5.69 Å². The zero-order chi connectivity index (χ0) is 24.9. The van der Waals surface area contributed by atoms with Gasteiger partial charge in [-0.15, -0.1) is 0 Å². The number of ether oxygens (including phenoxy) is 1. The molecule has 188 valence electrons. The number of nitro benzene ring substituents is 1. The zero-order valence-electron chi connectivity index (χ0n) is 20.1. The third kappa shape index (κ3) is 4.14. The van der Waals surface area contributed by atoms with E-state index in [2.05, 4.69) is 19.2 Å². The van der Waals surface area contributed by atoms with Gasteiger partial charge in [0.25, 0.3) is 5.69 Å². The fourth-order valence-electron chi connectivity index (χ4n) is 5.94. The van der Waals surface area contributed by atoms with Gasteiger partial charge < -0.3 is 4.74 Å². The number of hydrogen-bond donors (Lipinski definition) is 1. The predicted molar refractivity (Wildman–Crippen MR) is 130 cm³/mol. The Morgan fingerprint density at radius 1 is 1.26 bits per heavy atom. The van der Waals surface area contributed by atoms with Crippen LogP contribution in [-0.2, 0) is 19.6 Å². The van der Waals surface area contributed by atoms with Crippen LogP contribution in [0.1, 0.15) is 47.0 Å². The number of sulfonamides is 1. The van der Waals surface area contributed by atoms with Crippen LogP contribution in [0.5, 0.6) is 0 Å². The summed E-state index contributed by atoms with van der Waals surface area (Å²) in [6.07, 6.45) is 1.87. The van der Waals surface area contributed by atoms with Gasteiger partial charge in [0.05, 0.1) is 10.7 Å². The van der Waals surface area contributed by atoms with Crippen molar-refractivity contribution in [1.82, 2.24) is 9.62 Å². The number of esters is 1. The molecule has 2 bridgehead atoms. The number of carbonyl (C=O) groups is 1. The first-order valence-electron chi connectivity index (χ1n) is 11.8. The number of nitrogens with one attached hydrogen (secondary N) is 1. The molecule has 4 atom stereocenters. The summed E-state index contributed by atoms with van der Waals surface area (Å²) in [6, 6.07) is 6.07. The Balaban J connectivity index is 1.53. The fraction of sp³-hybridized carbons (Fsp3) is 0.696. The second kappa shape index (κ2) is 8.76. The number of non-ortho nitro benzene ring substituents is 1. The quantitative estimate of drug-likeness (QED) is 0.219.